The summed E-state index contributed by atoms with van der Waals surface area (Å²) in [6.07, 6.45) is 0. The molecule has 19 heavy (non-hydrogen) atoms. The molecule has 0 unspecified atom stereocenters. The average Bonchev–Trinajstić information content (AvgIpc) is 2.20. The number of carbonyl (C=O) groups is 1. The normalized spacial score (nSPS) is 15.4. The molecule has 1 aromatic rings. The Hall–Kier alpha value is 0.0500. The van der Waals surface area contributed by atoms with Crippen molar-refractivity contribution < 1.29 is 4.79 Å². The van der Waals surface area contributed by atoms with Gasteiger partial charge in [0.2, 0.25) is 5.91 Å². The van der Waals surface area contributed by atoms with E-state index in [0.717, 1.165) is 32.2 Å². The molecular weight excluding hydrogens is 442 g/mol. The zero-order chi connectivity index (χ0) is 14.0. The van der Waals surface area contributed by atoms with Crippen LogP contribution in [-0.4, -0.2) is 43.5 Å². The highest BCUT2D eigenvalue weighted by Crippen LogP contribution is 2.34. The molecule has 1 heterocycles. The topological polar surface area (TPSA) is 44.4 Å². The van der Waals surface area contributed by atoms with Gasteiger partial charge in [-0.1, -0.05) is 15.9 Å². The van der Waals surface area contributed by atoms with Crippen molar-refractivity contribution in [1.29, 1.82) is 0 Å². The Morgan fingerprint density at radius 3 is 2.42 bits per heavy atom. The highest BCUT2D eigenvalue weighted by Gasteiger charge is 2.23. The lowest BCUT2D eigenvalue weighted by molar-refractivity contribution is -0.117. The first kappa shape index (κ1) is 15.4. The number of nitrogens with zero attached hydrogens (tertiary/aromatic N) is 1. The molecule has 1 fully saturated rings. The summed E-state index contributed by atoms with van der Waals surface area (Å²) in [7, 11) is 1.97. The zero-order valence-corrected chi connectivity index (χ0v) is 15.1. The SMILES string of the molecule is CN(CC(=O)Nc1c(Br)cc(Br)cc1Br)C1CNC1. The van der Waals surface area contributed by atoms with Gasteiger partial charge in [0.1, 0.15) is 0 Å². The maximum Gasteiger partial charge on any atom is 0.238 e. The van der Waals surface area contributed by atoms with Crippen LogP contribution in [0.4, 0.5) is 5.69 Å². The van der Waals surface area contributed by atoms with Gasteiger partial charge in [-0.3, -0.25) is 9.69 Å². The zero-order valence-electron chi connectivity index (χ0n) is 10.3. The number of rotatable bonds is 4. The van der Waals surface area contributed by atoms with Gasteiger partial charge in [-0.05, 0) is 51.0 Å². The molecule has 0 aromatic heterocycles. The third kappa shape index (κ3) is 4.01. The van der Waals surface area contributed by atoms with E-state index in [1.807, 2.05) is 19.2 Å². The van der Waals surface area contributed by atoms with Crippen molar-refractivity contribution in [3.8, 4) is 0 Å². The number of nitrogens with one attached hydrogen (secondary N) is 2. The van der Waals surface area contributed by atoms with Crippen LogP contribution in [0.25, 0.3) is 0 Å². The van der Waals surface area contributed by atoms with Gasteiger partial charge >= 0.3 is 0 Å². The number of hydrogen-bond donors (Lipinski definition) is 2. The monoisotopic (exact) mass is 453 g/mol. The molecule has 0 saturated carbocycles. The van der Waals surface area contributed by atoms with E-state index in [0.29, 0.717) is 12.6 Å². The summed E-state index contributed by atoms with van der Waals surface area (Å²) >= 11 is 10.3. The summed E-state index contributed by atoms with van der Waals surface area (Å²) in [5.74, 6) is -0.0156. The first-order valence-corrected chi connectivity index (χ1v) is 8.20. The van der Waals surface area contributed by atoms with Gasteiger partial charge in [0.15, 0.2) is 0 Å². The van der Waals surface area contributed by atoms with E-state index in [1.165, 1.54) is 0 Å². The molecule has 1 amide bonds. The predicted octanol–water partition coefficient (Wildman–Crippen LogP) is 2.82. The van der Waals surface area contributed by atoms with Gasteiger partial charge in [-0.2, -0.15) is 0 Å². The highest BCUT2D eigenvalue weighted by molar-refractivity contribution is 9.11. The van der Waals surface area contributed by atoms with Gasteiger partial charge in [-0.15, -0.1) is 0 Å². The number of carbonyl (C=O) groups excluding carboxylic acids is 1. The van der Waals surface area contributed by atoms with Crippen LogP contribution in [0.2, 0.25) is 0 Å². The fourth-order valence-electron chi connectivity index (χ4n) is 1.78. The van der Waals surface area contributed by atoms with Crippen LogP contribution in [0.15, 0.2) is 25.6 Å². The van der Waals surface area contributed by atoms with Crippen LogP contribution < -0.4 is 10.6 Å². The second-order valence-corrected chi connectivity index (χ2v) is 7.14. The summed E-state index contributed by atoms with van der Waals surface area (Å²) in [5, 5.41) is 6.12. The van der Waals surface area contributed by atoms with Crippen molar-refractivity contribution in [2.45, 2.75) is 6.04 Å². The largest absolute Gasteiger partial charge is 0.323 e. The second kappa shape index (κ2) is 6.67. The summed E-state index contributed by atoms with van der Waals surface area (Å²) in [6.45, 7) is 2.30. The van der Waals surface area contributed by atoms with E-state index < -0.39 is 0 Å². The van der Waals surface area contributed by atoms with Crippen LogP contribution in [0.5, 0.6) is 0 Å². The lowest BCUT2D eigenvalue weighted by Gasteiger charge is -2.35. The number of amides is 1. The molecule has 0 radical (unpaired) electrons. The molecule has 1 aromatic carbocycles. The Morgan fingerprint density at radius 2 is 1.95 bits per heavy atom. The molecular formula is C12H14Br3N3O. The fraction of sp³-hybridized carbons (Fsp3) is 0.417. The molecule has 1 saturated heterocycles. The Bertz CT molecular complexity index is 468. The van der Waals surface area contributed by atoms with E-state index in [-0.39, 0.29) is 5.91 Å². The second-order valence-electron chi connectivity index (χ2n) is 4.52. The maximum atomic E-state index is 12.0. The summed E-state index contributed by atoms with van der Waals surface area (Å²) in [4.78, 5) is 14.1. The summed E-state index contributed by atoms with van der Waals surface area (Å²) < 4.78 is 2.63. The smallest absolute Gasteiger partial charge is 0.238 e. The molecule has 1 aliphatic rings. The maximum absolute atomic E-state index is 12.0. The van der Waals surface area contributed by atoms with Crippen LogP contribution in [-0.2, 0) is 4.79 Å². The fourth-order valence-corrected chi connectivity index (χ4v) is 4.24. The van der Waals surface area contributed by atoms with E-state index in [1.54, 1.807) is 0 Å². The van der Waals surface area contributed by atoms with Crippen LogP contribution in [0.3, 0.4) is 0 Å². The van der Waals surface area contributed by atoms with Crippen LogP contribution in [0.1, 0.15) is 0 Å². The van der Waals surface area contributed by atoms with Gasteiger partial charge in [-0.25, -0.2) is 0 Å². The van der Waals surface area contributed by atoms with Crippen LogP contribution in [0, 0.1) is 0 Å². The van der Waals surface area contributed by atoms with E-state index >= 15 is 0 Å². The predicted molar refractivity (Wildman–Crippen MR) is 87.5 cm³/mol. The van der Waals surface area contributed by atoms with Crippen molar-refractivity contribution in [2.24, 2.45) is 0 Å². The quantitative estimate of drug-likeness (QED) is 0.733. The Balaban J connectivity index is 1.98. The van der Waals surface area contributed by atoms with Gasteiger partial charge in [0.05, 0.1) is 12.2 Å². The third-order valence-electron chi connectivity index (χ3n) is 3.05. The number of benzene rings is 1. The minimum absolute atomic E-state index is 0.0156. The van der Waals surface area contributed by atoms with Gasteiger partial charge < -0.3 is 10.6 Å². The van der Waals surface area contributed by atoms with Crippen molar-refractivity contribution in [2.75, 3.05) is 32.0 Å². The molecule has 2 N–H and O–H groups in total. The lowest BCUT2D eigenvalue weighted by Crippen LogP contribution is -2.57. The minimum Gasteiger partial charge on any atom is -0.323 e. The molecule has 7 heteroatoms. The van der Waals surface area contributed by atoms with Gasteiger partial charge in [0.25, 0.3) is 0 Å². The van der Waals surface area contributed by atoms with E-state index in [4.69, 9.17) is 0 Å². The van der Waals surface area contributed by atoms with Crippen molar-refractivity contribution in [1.82, 2.24) is 10.2 Å². The molecule has 4 nitrogen and oxygen atoms in total. The highest BCUT2D eigenvalue weighted by atomic mass is 79.9. The molecule has 0 aliphatic carbocycles. The summed E-state index contributed by atoms with van der Waals surface area (Å²) in [6, 6.07) is 4.27. The summed E-state index contributed by atoms with van der Waals surface area (Å²) in [5.41, 5.74) is 0.758. The number of likely N-dealkylation sites (N-methyl/N-ethyl adjacent to an activating group) is 1. The first-order valence-electron chi connectivity index (χ1n) is 5.82. The Kier molecular flexibility index (Phi) is 5.42. The van der Waals surface area contributed by atoms with E-state index in [2.05, 4.69) is 63.3 Å². The average molecular weight is 456 g/mol. The Labute approximate surface area is 137 Å². The molecule has 104 valence electrons. The molecule has 0 bridgehead atoms. The van der Waals surface area contributed by atoms with Crippen molar-refractivity contribution in [3.05, 3.63) is 25.6 Å². The van der Waals surface area contributed by atoms with Gasteiger partial charge in [0, 0.05) is 32.5 Å². The third-order valence-corrected chi connectivity index (χ3v) is 4.76. The number of hydrogen-bond acceptors (Lipinski definition) is 3. The lowest BCUT2D eigenvalue weighted by atomic mass is 10.1. The minimum atomic E-state index is -0.0156. The number of halogens is 3. The molecule has 2 rings (SSSR count). The van der Waals surface area contributed by atoms with E-state index in [9.17, 15) is 4.79 Å². The first-order chi connectivity index (χ1) is 8.97. The van der Waals surface area contributed by atoms with Crippen molar-refractivity contribution in [3.63, 3.8) is 0 Å². The standard InChI is InChI=1S/C12H14Br3N3O/c1-18(8-4-16-5-8)6-11(19)17-12-9(14)2-7(13)3-10(12)15/h2-3,8,16H,4-6H2,1H3,(H,17,19). The van der Waals surface area contributed by atoms with Crippen LogP contribution >= 0.6 is 47.8 Å². The molecule has 1 aliphatic heterocycles. The number of anilines is 1. The van der Waals surface area contributed by atoms with Crippen molar-refractivity contribution >= 4 is 59.4 Å². The molecule has 0 spiro atoms. The molecule has 0 atom stereocenters. The Morgan fingerprint density at radius 1 is 1.37 bits per heavy atom.